The van der Waals surface area contributed by atoms with Gasteiger partial charge in [0.25, 0.3) is 0 Å². The molecule has 6 rings (SSSR count). The third-order valence-electron chi connectivity index (χ3n) is 8.96. The molecule has 4 heterocycles. The second kappa shape index (κ2) is 12.5. The van der Waals surface area contributed by atoms with Crippen molar-refractivity contribution < 1.29 is 23.5 Å². The molecule has 3 amide bonds. The first-order chi connectivity index (χ1) is 21.3. The Morgan fingerprint density at radius 2 is 1.75 bits per heavy atom. The number of carbonyl (C=O) groups excluding carboxylic acids is 1. The fourth-order valence-electron chi connectivity index (χ4n) is 6.78. The summed E-state index contributed by atoms with van der Waals surface area (Å²) in [5.74, 6) is -2.58. The molecule has 2 fully saturated rings. The van der Waals surface area contributed by atoms with Crippen molar-refractivity contribution in [1.29, 1.82) is 0 Å². The van der Waals surface area contributed by atoms with E-state index in [2.05, 4.69) is 15.3 Å². The zero-order chi connectivity index (χ0) is 30.8. The lowest BCUT2D eigenvalue weighted by molar-refractivity contribution is 0.114. The Hall–Kier alpha value is -4.74. The normalized spacial score (nSPS) is 21.3. The number of hydrogen-bond acceptors (Lipinski definition) is 4. The lowest BCUT2D eigenvalue weighted by Crippen LogP contribution is -2.53. The number of benzene rings is 2. The van der Waals surface area contributed by atoms with Crippen LogP contribution in [0.3, 0.4) is 0 Å². The first kappa shape index (κ1) is 29.3. The molecule has 0 radical (unpaired) electrons. The summed E-state index contributed by atoms with van der Waals surface area (Å²) < 4.78 is 31.1. The molecule has 4 aromatic rings. The van der Waals surface area contributed by atoms with E-state index >= 15 is 4.39 Å². The van der Waals surface area contributed by atoms with Gasteiger partial charge in [0.1, 0.15) is 0 Å². The zero-order valence-corrected chi connectivity index (χ0v) is 24.0. The Labute approximate surface area is 252 Å². The summed E-state index contributed by atoms with van der Waals surface area (Å²) in [7, 11) is 0. The zero-order valence-electron chi connectivity index (χ0n) is 24.0. The molecule has 230 valence electrons. The molecule has 3 N–H and O–H groups in total. The van der Waals surface area contributed by atoms with Crippen molar-refractivity contribution in [3.63, 3.8) is 0 Å². The number of fused-ring (bicyclic) bond motifs is 1. The van der Waals surface area contributed by atoms with Gasteiger partial charge in [-0.3, -0.25) is 9.55 Å². The lowest BCUT2D eigenvalue weighted by Gasteiger charge is -2.35. The van der Waals surface area contributed by atoms with E-state index in [9.17, 15) is 23.9 Å². The van der Waals surface area contributed by atoms with Crippen LogP contribution in [0, 0.1) is 11.6 Å². The lowest BCUT2D eigenvalue weighted by atomic mass is 9.84. The minimum atomic E-state index is -1.19. The van der Waals surface area contributed by atoms with Gasteiger partial charge in [-0.2, -0.15) is 0 Å². The number of imidazole rings is 1. The SMILES string of the molecule is O=C(N[C@@H]1CC[C@@H](c2cccc(F)c2F)C(Cc2ccccc2)N(C(=O)O)C1)N1CCC(n2c(=O)[nH]c3ncccc32)CC1. The maximum Gasteiger partial charge on any atom is 0.407 e. The Bertz CT molecular complexity index is 1700. The van der Waals surface area contributed by atoms with Crippen LogP contribution >= 0.6 is 0 Å². The van der Waals surface area contributed by atoms with Crippen LogP contribution < -0.4 is 11.0 Å². The minimum absolute atomic E-state index is 0.0141. The monoisotopic (exact) mass is 604 g/mol. The number of amides is 3. The van der Waals surface area contributed by atoms with E-state index in [1.807, 2.05) is 36.4 Å². The summed E-state index contributed by atoms with van der Waals surface area (Å²) >= 11 is 0. The van der Waals surface area contributed by atoms with Crippen LogP contribution in [0.15, 0.2) is 71.7 Å². The molecule has 3 atom stereocenters. The van der Waals surface area contributed by atoms with E-state index in [1.165, 1.54) is 17.0 Å². The van der Waals surface area contributed by atoms with Gasteiger partial charge in [-0.25, -0.2) is 28.1 Å². The number of nitrogens with zero attached hydrogens (tertiary/aromatic N) is 4. The van der Waals surface area contributed by atoms with Crippen molar-refractivity contribution >= 4 is 23.3 Å². The highest BCUT2D eigenvalue weighted by atomic mass is 19.2. The number of aromatic amines is 1. The summed E-state index contributed by atoms with van der Waals surface area (Å²) in [6, 6.07) is 15.3. The van der Waals surface area contributed by atoms with E-state index in [0.717, 1.165) is 17.1 Å². The van der Waals surface area contributed by atoms with E-state index in [4.69, 9.17) is 0 Å². The van der Waals surface area contributed by atoms with Gasteiger partial charge < -0.3 is 20.2 Å². The highest BCUT2D eigenvalue weighted by Crippen LogP contribution is 2.36. The predicted octanol–water partition coefficient (Wildman–Crippen LogP) is 4.89. The topological polar surface area (TPSA) is 124 Å². The van der Waals surface area contributed by atoms with Crippen LogP contribution in [0.1, 0.15) is 48.8 Å². The molecular weight excluding hydrogens is 570 g/mol. The van der Waals surface area contributed by atoms with Crippen LogP contribution in [0.25, 0.3) is 11.2 Å². The number of likely N-dealkylation sites (tertiary alicyclic amines) is 2. The minimum Gasteiger partial charge on any atom is -0.465 e. The van der Waals surface area contributed by atoms with Gasteiger partial charge in [0.2, 0.25) is 0 Å². The van der Waals surface area contributed by atoms with Crippen LogP contribution in [0.2, 0.25) is 0 Å². The maximum atomic E-state index is 15.1. The Balaban J connectivity index is 1.18. The molecule has 2 aliphatic rings. The number of nitrogens with one attached hydrogen (secondary N) is 2. The molecule has 1 unspecified atom stereocenters. The highest BCUT2D eigenvalue weighted by molar-refractivity contribution is 5.75. The maximum absolute atomic E-state index is 15.1. The van der Waals surface area contributed by atoms with Gasteiger partial charge in [-0.1, -0.05) is 42.5 Å². The molecule has 2 aromatic heterocycles. The van der Waals surface area contributed by atoms with Gasteiger partial charge >= 0.3 is 17.8 Å². The van der Waals surface area contributed by atoms with Crippen molar-refractivity contribution in [3.8, 4) is 0 Å². The van der Waals surface area contributed by atoms with Gasteiger partial charge in [0.05, 0.1) is 5.52 Å². The largest absolute Gasteiger partial charge is 0.465 e. The molecule has 2 aliphatic heterocycles. The van der Waals surface area contributed by atoms with Crippen LogP contribution in [-0.2, 0) is 6.42 Å². The second-order valence-electron chi connectivity index (χ2n) is 11.6. The predicted molar refractivity (Wildman–Crippen MR) is 160 cm³/mol. The highest BCUT2D eigenvalue weighted by Gasteiger charge is 2.39. The van der Waals surface area contributed by atoms with Crippen molar-refractivity contribution in [3.05, 3.63) is 100 Å². The quantitative estimate of drug-likeness (QED) is 0.300. The Morgan fingerprint density at radius 3 is 2.50 bits per heavy atom. The number of aromatic nitrogens is 3. The number of halogens is 2. The number of carbonyl (C=O) groups is 2. The molecular formula is C32H34F2N6O4. The van der Waals surface area contributed by atoms with Crippen LogP contribution in [-0.4, -0.2) is 73.3 Å². The summed E-state index contributed by atoms with van der Waals surface area (Å²) in [5.41, 5.74) is 2.02. The van der Waals surface area contributed by atoms with Gasteiger partial charge in [0.15, 0.2) is 17.3 Å². The van der Waals surface area contributed by atoms with Gasteiger partial charge in [-0.05, 0) is 61.4 Å². The van der Waals surface area contributed by atoms with E-state index in [0.29, 0.717) is 50.8 Å². The smallest absolute Gasteiger partial charge is 0.407 e. The first-order valence-corrected chi connectivity index (χ1v) is 14.9. The summed E-state index contributed by atoms with van der Waals surface area (Å²) in [6.45, 7) is 0.845. The molecule has 0 spiro atoms. The van der Waals surface area contributed by atoms with Gasteiger partial charge in [0, 0.05) is 49.9 Å². The number of piperidine rings is 1. The Kier molecular flexibility index (Phi) is 8.32. The number of hydrogen-bond donors (Lipinski definition) is 3. The van der Waals surface area contributed by atoms with Crippen molar-refractivity contribution in [2.45, 2.75) is 56.1 Å². The standard InChI is InChI=1S/C32H34F2N6O4/c33-25-9-4-8-24(28(25)34)23-12-11-21(19-39(32(43)44)27(23)18-20-6-2-1-3-7-20)36-30(41)38-16-13-22(14-17-38)40-26-10-5-15-35-29(26)37-31(40)42/h1-10,15,21-23,27H,11-14,16-19H2,(H,36,41)(H,43,44)(H,35,37,42)/t21-,23+,27?/m1/s1. The van der Waals surface area contributed by atoms with E-state index in [1.54, 1.807) is 21.7 Å². The molecule has 2 saturated heterocycles. The number of pyridine rings is 1. The fourth-order valence-corrected chi connectivity index (χ4v) is 6.78. The second-order valence-corrected chi connectivity index (χ2v) is 11.6. The first-order valence-electron chi connectivity index (χ1n) is 14.9. The molecule has 0 bridgehead atoms. The van der Waals surface area contributed by atoms with Crippen molar-refractivity contribution in [1.82, 2.24) is 29.7 Å². The molecule has 2 aromatic carbocycles. The molecule has 0 saturated carbocycles. The number of H-pyrrole nitrogens is 1. The van der Waals surface area contributed by atoms with E-state index in [-0.39, 0.29) is 29.9 Å². The summed E-state index contributed by atoms with van der Waals surface area (Å²) in [4.78, 5) is 48.6. The van der Waals surface area contributed by atoms with Crippen molar-refractivity contribution in [2.75, 3.05) is 19.6 Å². The third kappa shape index (κ3) is 5.88. The average Bonchev–Trinajstić information content (AvgIpc) is 3.26. The number of carboxylic acid groups (broad SMARTS) is 1. The van der Waals surface area contributed by atoms with Crippen molar-refractivity contribution in [2.24, 2.45) is 0 Å². The fraction of sp³-hybridized carbons (Fsp3) is 0.375. The van der Waals surface area contributed by atoms with Crippen LogP contribution in [0.5, 0.6) is 0 Å². The van der Waals surface area contributed by atoms with E-state index < -0.39 is 35.7 Å². The molecule has 44 heavy (non-hydrogen) atoms. The summed E-state index contributed by atoms with van der Waals surface area (Å²) in [5, 5.41) is 13.3. The molecule has 12 heteroatoms. The van der Waals surface area contributed by atoms with Gasteiger partial charge in [-0.15, -0.1) is 0 Å². The Morgan fingerprint density at radius 1 is 0.977 bits per heavy atom. The average molecular weight is 605 g/mol. The number of rotatable bonds is 5. The molecule has 0 aliphatic carbocycles. The van der Waals surface area contributed by atoms with Crippen LogP contribution in [0.4, 0.5) is 18.4 Å². The summed E-state index contributed by atoms with van der Waals surface area (Å²) in [6.07, 6.45) is 2.62. The number of urea groups is 1. The third-order valence-corrected chi connectivity index (χ3v) is 8.96. The molecule has 10 nitrogen and oxygen atoms in total.